The maximum absolute atomic E-state index is 11.7. The van der Waals surface area contributed by atoms with Crippen LogP contribution in [0.5, 0.6) is 0 Å². The van der Waals surface area contributed by atoms with Crippen LogP contribution in [0, 0.1) is 0 Å². The number of hydrogen-bond acceptors (Lipinski definition) is 5. The molecular weight excluding hydrogens is 355 g/mol. The van der Waals surface area contributed by atoms with Crippen LogP contribution in [-0.2, 0) is 11.3 Å². The van der Waals surface area contributed by atoms with E-state index in [1.165, 1.54) is 12.1 Å². The van der Waals surface area contributed by atoms with E-state index in [0.717, 1.165) is 11.8 Å². The van der Waals surface area contributed by atoms with Gasteiger partial charge < -0.3 is 27.2 Å². The Morgan fingerprint density at radius 3 is 2.08 bits per heavy atom. The van der Waals surface area contributed by atoms with Gasteiger partial charge >= 0.3 is 18.2 Å². The van der Waals surface area contributed by atoms with E-state index in [4.69, 9.17) is 16.6 Å². The van der Waals surface area contributed by atoms with Crippen molar-refractivity contribution >= 4 is 29.2 Å². The van der Waals surface area contributed by atoms with E-state index >= 15 is 0 Å². The van der Waals surface area contributed by atoms with Crippen molar-refractivity contribution in [2.75, 3.05) is 16.8 Å². The molecule has 1 heterocycles. The first-order valence-electron chi connectivity index (χ1n) is 6.99. The molecule has 8 nitrogen and oxygen atoms in total. The molecule has 26 heavy (non-hydrogen) atoms. The van der Waals surface area contributed by atoms with Crippen molar-refractivity contribution in [1.29, 1.82) is 0 Å². The number of amides is 2. The number of anilines is 3. The number of aromatic nitrogens is 1. The molecule has 0 saturated heterocycles. The highest BCUT2D eigenvalue weighted by molar-refractivity contribution is 5.94. The minimum atomic E-state index is -4.91. The van der Waals surface area contributed by atoms with E-state index in [1.807, 2.05) is 0 Å². The number of carboxylic acid groups (broad SMARTS) is 1. The molecule has 2 aromatic rings. The van der Waals surface area contributed by atoms with E-state index in [0.29, 0.717) is 17.9 Å². The van der Waals surface area contributed by atoms with Crippen LogP contribution < -0.4 is 22.1 Å². The Hall–Kier alpha value is -3.50. The minimum Gasteiger partial charge on any atom is -0.465 e. The second kappa shape index (κ2) is 9.11. The van der Waals surface area contributed by atoms with Crippen LogP contribution in [0.25, 0.3) is 0 Å². The van der Waals surface area contributed by atoms with Crippen LogP contribution in [0.15, 0.2) is 42.6 Å². The maximum atomic E-state index is 11.7. The van der Waals surface area contributed by atoms with Crippen molar-refractivity contribution in [3.63, 3.8) is 0 Å². The van der Waals surface area contributed by atoms with Gasteiger partial charge in [-0.15, -0.1) is 0 Å². The normalized spacial score (nSPS) is 10.3. The number of benzene rings is 1. The molecular formula is C15H16F3N5O3. The zero-order chi connectivity index (χ0) is 19.7. The number of carbonyl (C=O) groups is 2. The number of alkyl halides is 3. The third kappa shape index (κ3) is 7.86. The molecule has 0 spiro atoms. The number of rotatable bonds is 3. The number of carbonyl (C=O) groups excluding carboxylic acids is 1. The maximum Gasteiger partial charge on any atom is 0.471 e. The van der Waals surface area contributed by atoms with Crippen molar-refractivity contribution in [3.05, 3.63) is 48.2 Å². The average Bonchev–Trinajstić information content (AvgIpc) is 2.56. The third-order valence-corrected chi connectivity index (χ3v) is 2.71. The Bertz CT molecular complexity index is 734. The van der Waals surface area contributed by atoms with Gasteiger partial charge in [0.2, 0.25) is 0 Å². The summed E-state index contributed by atoms with van der Waals surface area (Å²) in [6, 6.07) is 9.55. The zero-order valence-corrected chi connectivity index (χ0v) is 13.2. The summed E-state index contributed by atoms with van der Waals surface area (Å²) in [4.78, 5) is 24.0. The van der Waals surface area contributed by atoms with Gasteiger partial charge in [-0.05, 0) is 29.8 Å². The van der Waals surface area contributed by atoms with E-state index < -0.39 is 18.2 Å². The Morgan fingerprint density at radius 1 is 1.04 bits per heavy atom. The van der Waals surface area contributed by atoms with Gasteiger partial charge in [-0.25, -0.2) is 9.78 Å². The number of nitrogens with zero attached hydrogens (tertiary/aromatic N) is 1. The van der Waals surface area contributed by atoms with Gasteiger partial charge in [-0.2, -0.15) is 13.2 Å². The molecule has 11 heteroatoms. The summed E-state index contributed by atoms with van der Waals surface area (Å²) in [6.45, 7) is 0.315. The van der Waals surface area contributed by atoms with E-state index in [2.05, 4.69) is 10.3 Å². The van der Waals surface area contributed by atoms with Gasteiger partial charge in [0.15, 0.2) is 0 Å². The summed E-state index contributed by atoms with van der Waals surface area (Å²) in [5.41, 5.74) is 12.6. The van der Waals surface area contributed by atoms with Crippen LogP contribution in [0.1, 0.15) is 5.56 Å². The molecule has 2 rings (SSSR count). The predicted molar refractivity (Wildman–Crippen MR) is 89.1 cm³/mol. The van der Waals surface area contributed by atoms with Gasteiger partial charge in [0, 0.05) is 12.2 Å². The van der Waals surface area contributed by atoms with E-state index in [9.17, 15) is 22.8 Å². The summed E-state index contributed by atoms with van der Waals surface area (Å²) < 4.78 is 35.2. The van der Waals surface area contributed by atoms with Gasteiger partial charge in [-0.1, -0.05) is 12.1 Å². The van der Waals surface area contributed by atoms with Crippen molar-refractivity contribution in [2.24, 2.45) is 0 Å². The van der Waals surface area contributed by atoms with Gasteiger partial charge in [-0.3, -0.25) is 4.79 Å². The fraction of sp³-hybridized carbons (Fsp3) is 0.133. The summed E-state index contributed by atoms with van der Waals surface area (Å²) in [7, 11) is 0. The van der Waals surface area contributed by atoms with E-state index in [1.54, 1.807) is 29.6 Å². The standard InChI is InChI=1S/C8H10N2O2.C7H6F3N3O/c9-7-3-1-6(2-4-7)5-10-8(11)12;8-7(9,10)6(14)13-5-2-1-4(11)3-12-5/h1-4,10H,5,9H2,(H,11,12);1-3H,11H2,(H,12,13,14). The number of halogens is 3. The molecule has 1 aromatic heterocycles. The van der Waals surface area contributed by atoms with Crippen LogP contribution in [-0.4, -0.2) is 28.3 Å². The van der Waals surface area contributed by atoms with Crippen molar-refractivity contribution in [1.82, 2.24) is 10.3 Å². The molecule has 140 valence electrons. The average molecular weight is 371 g/mol. The molecule has 0 aliphatic heterocycles. The fourth-order valence-electron chi connectivity index (χ4n) is 1.48. The molecule has 0 aliphatic carbocycles. The lowest BCUT2D eigenvalue weighted by molar-refractivity contribution is -0.167. The smallest absolute Gasteiger partial charge is 0.465 e. The Morgan fingerprint density at radius 2 is 1.62 bits per heavy atom. The predicted octanol–water partition coefficient (Wildman–Crippen LogP) is 2.20. The largest absolute Gasteiger partial charge is 0.471 e. The topological polar surface area (TPSA) is 143 Å². The number of nitrogens with one attached hydrogen (secondary N) is 2. The monoisotopic (exact) mass is 371 g/mol. The highest BCUT2D eigenvalue weighted by atomic mass is 19.4. The third-order valence-electron chi connectivity index (χ3n) is 2.71. The lowest BCUT2D eigenvalue weighted by atomic mass is 10.2. The second-order valence-electron chi connectivity index (χ2n) is 4.83. The molecule has 0 bridgehead atoms. The van der Waals surface area contributed by atoms with Crippen molar-refractivity contribution in [2.45, 2.75) is 12.7 Å². The fourth-order valence-corrected chi connectivity index (χ4v) is 1.48. The Kier molecular flexibility index (Phi) is 7.20. The van der Waals surface area contributed by atoms with Gasteiger partial charge in [0.05, 0.1) is 11.9 Å². The summed E-state index contributed by atoms with van der Waals surface area (Å²) in [5.74, 6) is -2.25. The molecule has 0 atom stereocenters. The lowest BCUT2D eigenvalue weighted by Crippen LogP contribution is -2.30. The molecule has 0 saturated carbocycles. The SMILES string of the molecule is Nc1ccc(CNC(=O)O)cc1.Nc1ccc(NC(=O)C(F)(F)F)nc1. The molecule has 2 amide bonds. The minimum absolute atomic E-state index is 0.193. The second-order valence-corrected chi connectivity index (χ2v) is 4.83. The summed E-state index contributed by atoms with van der Waals surface area (Å²) in [5, 5.41) is 12.1. The highest BCUT2D eigenvalue weighted by Gasteiger charge is 2.38. The zero-order valence-electron chi connectivity index (χ0n) is 13.2. The van der Waals surface area contributed by atoms with Crippen LogP contribution in [0.3, 0.4) is 0 Å². The van der Waals surface area contributed by atoms with Crippen molar-refractivity contribution < 1.29 is 27.9 Å². The van der Waals surface area contributed by atoms with E-state index in [-0.39, 0.29) is 5.82 Å². The first-order valence-corrected chi connectivity index (χ1v) is 6.99. The molecule has 0 fully saturated rings. The summed E-state index contributed by atoms with van der Waals surface area (Å²) >= 11 is 0. The summed E-state index contributed by atoms with van der Waals surface area (Å²) in [6.07, 6.45) is -4.79. The molecule has 0 unspecified atom stereocenters. The first kappa shape index (κ1) is 20.5. The van der Waals surface area contributed by atoms with Crippen LogP contribution >= 0.6 is 0 Å². The highest BCUT2D eigenvalue weighted by Crippen LogP contribution is 2.17. The number of hydrogen-bond donors (Lipinski definition) is 5. The molecule has 7 N–H and O–H groups in total. The van der Waals surface area contributed by atoms with Crippen LogP contribution in [0.4, 0.5) is 35.2 Å². The number of nitrogens with two attached hydrogens (primary N) is 2. The first-order chi connectivity index (χ1) is 12.1. The number of pyridine rings is 1. The molecule has 0 aliphatic rings. The van der Waals surface area contributed by atoms with Crippen LogP contribution in [0.2, 0.25) is 0 Å². The lowest BCUT2D eigenvalue weighted by Gasteiger charge is -2.06. The Balaban J connectivity index is 0.000000263. The molecule has 0 radical (unpaired) electrons. The Labute approximate surface area is 146 Å². The molecule has 1 aromatic carbocycles. The van der Waals surface area contributed by atoms with Gasteiger partial charge in [0.25, 0.3) is 0 Å². The number of nitrogen functional groups attached to an aromatic ring is 2. The van der Waals surface area contributed by atoms with Gasteiger partial charge in [0.1, 0.15) is 5.82 Å². The quantitative estimate of drug-likeness (QED) is 0.523. The van der Waals surface area contributed by atoms with Crippen molar-refractivity contribution in [3.8, 4) is 0 Å².